The van der Waals surface area contributed by atoms with Crippen molar-refractivity contribution in [2.24, 2.45) is 7.05 Å². The lowest BCUT2D eigenvalue weighted by Crippen LogP contribution is -2.32. The Morgan fingerprint density at radius 2 is 2.00 bits per heavy atom. The van der Waals surface area contributed by atoms with Crippen LogP contribution in [0.15, 0.2) is 24.3 Å². The molecular weight excluding hydrogens is 338 g/mol. The highest BCUT2D eigenvalue weighted by Gasteiger charge is 2.36. The minimum absolute atomic E-state index is 0.0213. The third-order valence-corrected chi connectivity index (χ3v) is 6.14. The van der Waals surface area contributed by atoms with Crippen LogP contribution < -0.4 is 0 Å². The molecule has 0 spiro atoms. The lowest BCUT2D eigenvalue weighted by Gasteiger charge is -2.24. The number of amides is 1. The van der Waals surface area contributed by atoms with Gasteiger partial charge in [-0.2, -0.15) is 5.10 Å². The Balaban J connectivity index is 1.50. The number of aryl methyl sites for hydroxylation is 2. The molecule has 2 aromatic heterocycles. The van der Waals surface area contributed by atoms with Gasteiger partial charge in [-0.05, 0) is 50.7 Å². The van der Waals surface area contributed by atoms with Crippen LogP contribution in [-0.2, 0) is 19.9 Å². The molecule has 1 atom stereocenters. The van der Waals surface area contributed by atoms with E-state index < -0.39 is 0 Å². The lowest BCUT2D eigenvalue weighted by molar-refractivity contribution is 0.0721. The Labute approximate surface area is 158 Å². The SMILES string of the molecule is Cn1c(C2CCCN2C(=O)c2n[nH]c3c2CCCCC3)nc2ccccc21. The molecule has 1 aromatic carbocycles. The topological polar surface area (TPSA) is 66.8 Å². The van der Waals surface area contributed by atoms with Gasteiger partial charge >= 0.3 is 0 Å². The van der Waals surface area contributed by atoms with Gasteiger partial charge in [-0.1, -0.05) is 18.6 Å². The molecule has 5 rings (SSSR count). The van der Waals surface area contributed by atoms with E-state index in [0.29, 0.717) is 5.69 Å². The first kappa shape index (κ1) is 16.5. The number of imidazole rings is 1. The Kier molecular flexibility index (Phi) is 3.99. The molecule has 6 nitrogen and oxygen atoms in total. The monoisotopic (exact) mass is 363 g/mol. The molecule has 3 aromatic rings. The fourth-order valence-electron chi connectivity index (χ4n) is 4.71. The van der Waals surface area contributed by atoms with Gasteiger partial charge in [0.05, 0.1) is 17.1 Å². The maximum absolute atomic E-state index is 13.4. The predicted molar refractivity (Wildman–Crippen MR) is 104 cm³/mol. The van der Waals surface area contributed by atoms with Gasteiger partial charge in [0.25, 0.3) is 5.91 Å². The average molecular weight is 363 g/mol. The number of aromatic amines is 1. The highest BCUT2D eigenvalue weighted by atomic mass is 16.2. The molecule has 0 bridgehead atoms. The number of H-pyrrole nitrogens is 1. The van der Waals surface area contributed by atoms with Gasteiger partial charge in [-0.15, -0.1) is 0 Å². The van der Waals surface area contributed by atoms with Crippen molar-refractivity contribution in [3.8, 4) is 0 Å². The number of fused-ring (bicyclic) bond motifs is 2. The Hall–Kier alpha value is -2.63. The van der Waals surface area contributed by atoms with Crippen LogP contribution in [-0.4, -0.2) is 37.1 Å². The first-order valence-corrected chi connectivity index (χ1v) is 10.0. The van der Waals surface area contributed by atoms with E-state index in [0.717, 1.165) is 66.8 Å². The molecule has 0 saturated carbocycles. The molecule has 1 fully saturated rings. The van der Waals surface area contributed by atoms with Crippen molar-refractivity contribution >= 4 is 16.9 Å². The Bertz CT molecular complexity index is 1000. The summed E-state index contributed by atoms with van der Waals surface area (Å²) in [6.07, 6.45) is 7.46. The fourth-order valence-corrected chi connectivity index (χ4v) is 4.71. The minimum atomic E-state index is 0.0213. The number of nitrogens with one attached hydrogen (secondary N) is 1. The summed E-state index contributed by atoms with van der Waals surface area (Å²) in [5, 5.41) is 7.57. The fraction of sp³-hybridized carbons (Fsp3) is 0.476. The molecule has 1 unspecified atom stereocenters. The summed E-state index contributed by atoms with van der Waals surface area (Å²) in [4.78, 5) is 20.2. The molecule has 6 heteroatoms. The molecule has 1 aliphatic carbocycles. The van der Waals surface area contributed by atoms with Crippen LogP contribution in [0.1, 0.15) is 65.7 Å². The second kappa shape index (κ2) is 6.51. The van der Waals surface area contributed by atoms with Gasteiger partial charge in [0.1, 0.15) is 5.82 Å². The van der Waals surface area contributed by atoms with E-state index in [2.05, 4.69) is 20.8 Å². The van der Waals surface area contributed by atoms with Crippen LogP contribution in [0.4, 0.5) is 0 Å². The summed E-state index contributed by atoms with van der Waals surface area (Å²) in [7, 11) is 2.05. The molecular formula is C21H25N5O. The van der Waals surface area contributed by atoms with Crippen molar-refractivity contribution in [1.29, 1.82) is 0 Å². The minimum Gasteiger partial charge on any atom is -0.329 e. The number of nitrogens with zero attached hydrogens (tertiary/aromatic N) is 4. The Morgan fingerprint density at radius 1 is 1.15 bits per heavy atom. The van der Waals surface area contributed by atoms with Crippen LogP contribution in [0.3, 0.4) is 0 Å². The molecule has 1 saturated heterocycles. The summed E-state index contributed by atoms with van der Waals surface area (Å²) >= 11 is 0. The molecule has 1 N–H and O–H groups in total. The molecule has 3 heterocycles. The Morgan fingerprint density at radius 3 is 2.89 bits per heavy atom. The van der Waals surface area contributed by atoms with E-state index in [4.69, 9.17) is 4.98 Å². The summed E-state index contributed by atoms with van der Waals surface area (Å²) in [5.41, 5.74) is 5.04. The normalized spacial score (nSPS) is 20.0. The van der Waals surface area contributed by atoms with Crippen molar-refractivity contribution in [2.75, 3.05) is 6.54 Å². The molecule has 1 amide bonds. The standard InChI is InChI=1S/C21H25N5O/c1-25-17-11-6-5-10-16(17)22-20(25)18-12-7-13-26(18)21(27)19-14-8-3-2-4-9-15(14)23-24-19/h5-6,10-11,18H,2-4,7-9,12-13H2,1H3,(H,23,24). The maximum atomic E-state index is 13.4. The molecule has 2 aliphatic rings. The second-order valence-electron chi connectivity index (χ2n) is 7.76. The molecule has 27 heavy (non-hydrogen) atoms. The van der Waals surface area contributed by atoms with Crippen molar-refractivity contribution in [2.45, 2.75) is 51.0 Å². The number of aromatic nitrogens is 4. The van der Waals surface area contributed by atoms with Crippen LogP contribution in [0.5, 0.6) is 0 Å². The third kappa shape index (κ3) is 2.66. The van der Waals surface area contributed by atoms with Gasteiger partial charge in [0, 0.05) is 24.8 Å². The van der Waals surface area contributed by atoms with E-state index in [1.165, 1.54) is 12.8 Å². The number of benzene rings is 1. The zero-order chi connectivity index (χ0) is 18.4. The number of likely N-dealkylation sites (tertiary alicyclic amines) is 1. The molecule has 1 aliphatic heterocycles. The number of hydrogen-bond donors (Lipinski definition) is 1. The quantitative estimate of drug-likeness (QED) is 0.708. The zero-order valence-corrected chi connectivity index (χ0v) is 15.7. The first-order chi connectivity index (χ1) is 13.2. The smallest absolute Gasteiger partial charge is 0.275 e. The summed E-state index contributed by atoms with van der Waals surface area (Å²) in [6, 6.07) is 8.18. The number of rotatable bonds is 2. The van der Waals surface area contributed by atoms with Crippen molar-refractivity contribution in [3.05, 3.63) is 47.0 Å². The van der Waals surface area contributed by atoms with Crippen LogP contribution >= 0.6 is 0 Å². The van der Waals surface area contributed by atoms with Gasteiger partial charge in [0.2, 0.25) is 0 Å². The van der Waals surface area contributed by atoms with E-state index in [9.17, 15) is 4.79 Å². The van der Waals surface area contributed by atoms with E-state index in [1.54, 1.807) is 0 Å². The maximum Gasteiger partial charge on any atom is 0.275 e. The van der Waals surface area contributed by atoms with Gasteiger partial charge in [-0.3, -0.25) is 9.89 Å². The number of para-hydroxylation sites is 2. The first-order valence-electron chi connectivity index (χ1n) is 10.0. The van der Waals surface area contributed by atoms with Gasteiger partial charge in [-0.25, -0.2) is 4.98 Å². The predicted octanol–water partition coefficient (Wildman–Crippen LogP) is 3.54. The highest BCUT2D eigenvalue weighted by molar-refractivity contribution is 5.94. The van der Waals surface area contributed by atoms with Gasteiger partial charge in [0.15, 0.2) is 5.69 Å². The van der Waals surface area contributed by atoms with E-state index >= 15 is 0 Å². The van der Waals surface area contributed by atoms with Crippen LogP contribution in [0, 0.1) is 0 Å². The number of hydrogen-bond acceptors (Lipinski definition) is 3. The number of carbonyl (C=O) groups excluding carboxylic acids is 1. The van der Waals surface area contributed by atoms with Crippen molar-refractivity contribution in [3.63, 3.8) is 0 Å². The lowest BCUT2D eigenvalue weighted by atomic mass is 10.1. The zero-order valence-electron chi connectivity index (χ0n) is 15.7. The third-order valence-electron chi connectivity index (χ3n) is 6.14. The summed E-state index contributed by atoms with van der Waals surface area (Å²) in [5.74, 6) is 1.03. The van der Waals surface area contributed by atoms with Crippen LogP contribution in [0.25, 0.3) is 11.0 Å². The number of carbonyl (C=O) groups is 1. The summed E-state index contributed by atoms with van der Waals surface area (Å²) < 4.78 is 2.14. The van der Waals surface area contributed by atoms with E-state index in [-0.39, 0.29) is 11.9 Å². The van der Waals surface area contributed by atoms with Gasteiger partial charge < -0.3 is 9.47 Å². The van der Waals surface area contributed by atoms with Crippen molar-refractivity contribution in [1.82, 2.24) is 24.6 Å². The summed E-state index contributed by atoms with van der Waals surface area (Å²) in [6.45, 7) is 0.772. The van der Waals surface area contributed by atoms with Crippen LogP contribution in [0.2, 0.25) is 0 Å². The van der Waals surface area contributed by atoms with Crippen molar-refractivity contribution < 1.29 is 4.79 Å². The molecule has 0 radical (unpaired) electrons. The highest BCUT2D eigenvalue weighted by Crippen LogP contribution is 2.34. The second-order valence-corrected chi connectivity index (χ2v) is 7.76. The average Bonchev–Trinajstić information content (AvgIpc) is 3.36. The largest absolute Gasteiger partial charge is 0.329 e. The molecule has 140 valence electrons. The van der Waals surface area contributed by atoms with E-state index in [1.807, 2.05) is 30.1 Å².